The van der Waals surface area contributed by atoms with Crippen molar-refractivity contribution < 1.29 is 0 Å². The first-order chi connectivity index (χ1) is 14.4. The molecule has 0 fully saturated rings. The number of aryl methyl sites for hydroxylation is 1. The van der Waals surface area contributed by atoms with Gasteiger partial charge in [-0.05, 0) is 41.3 Å². The Morgan fingerprint density at radius 1 is 0.552 bits per heavy atom. The van der Waals surface area contributed by atoms with Gasteiger partial charge in [0.2, 0.25) is 0 Å². The van der Waals surface area contributed by atoms with Gasteiger partial charge in [-0.15, -0.1) is 11.3 Å². The summed E-state index contributed by atoms with van der Waals surface area (Å²) in [6.07, 6.45) is 6.59. The molecule has 0 N–H and O–H groups in total. The Balaban J connectivity index is 0.000000144. The van der Waals surface area contributed by atoms with E-state index in [4.69, 9.17) is 0 Å². The highest BCUT2D eigenvalue weighted by molar-refractivity contribution is 7.25. The van der Waals surface area contributed by atoms with Crippen LogP contribution in [0.2, 0.25) is 0 Å². The molecule has 1 heteroatoms. The molecule has 1 heterocycles. The van der Waals surface area contributed by atoms with Crippen LogP contribution < -0.4 is 0 Å². The Bertz CT molecular complexity index is 1140. The number of fused-ring (bicyclic) bond motifs is 4. The third-order valence-electron chi connectivity index (χ3n) is 5.46. The summed E-state index contributed by atoms with van der Waals surface area (Å²) in [7, 11) is 0. The molecule has 0 saturated carbocycles. The van der Waals surface area contributed by atoms with Crippen LogP contribution in [-0.2, 0) is 6.42 Å². The van der Waals surface area contributed by atoms with Crippen molar-refractivity contribution in [3.05, 3.63) is 96.6 Å². The molecule has 5 rings (SSSR count). The standard InChI is InChI=1S/C16H20.C12H8S/c1-2-3-4-5-9-14-11-8-12-15-10-6-7-13-16(14)15;1-3-7-11-9(5-1)10-6-2-4-8-12(10)13-11/h6-8,10-13H,2-5,9H2,1H3;1-8H. The number of thiophene rings is 1. The van der Waals surface area contributed by atoms with Gasteiger partial charge in [-0.2, -0.15) is 0 Å². The molecule has 0 radical (unpaired) electrons. The topological polar surface area (TPSA) is 0 Å². The lowest BCUT2D eigenvalue weighted by Crippen LogP contribution is -1.87. The third-order valence-corrected chi connectivity index (χ3v) is 6.62. The zero-order valence-electron chi connectivity index (χ0n) is 17.1. The van der Waals surface area contributed by atoms with E-state index in [-0.39, 0.29) is 0 Å². The van der Waals surface area contributed by atoms with Gasteiger partial charge in [0.1, 0.15) is 0 Å². The molecule has 0 aliphatic heterocycles. The van der Waals surface area contributed by atoms with Crippen LogP contribution in [0.5, 0.6) is 0 Å². The largest absolute Gasteiger partial charge is 0.135 e. The van der Waals surface area contributed by atoms with Gasteiger partial charge in [0, 0.05) is 20.2 Å². The number of hydrogen-bond acceptors (Lipinski definition) is 1. The van der Waals surface area contributed by atoms with Crippen molar-refractivity contribution in [2.45, 2.75) is 39.0 Å². The van der Waals surface area contributed by atoms with Gasteiger partial charge in [0.05, 0.1) is 0 Å². The average molecular weight is 397 g/mol. The minimum Gasteiger partial charge on any atom is -0.135 e. The molecule has 0 aliphatic rings. The van der Waals surface area contributed by atoms with Crippen molar-refractivity contribution in [1.82, 2.24) is 0 Å². The van der Waals surface area contributed by atoms with Crippen LogP contribution in [0.25, 0.3) is 30.9 Å². The Morgan fingerprint density at radius 2 is 1.14 bits per heavy atom. The first-order valence-electron chi connectivity index (χ1n) is 10.7. The molecule has 0 aliphatic carbocycles. The summed E-state index contributed by atoms with van der Waals surface area (Å²) in [5.74, 6) is 0. The molecular formula is C28H28S. The van der Waals surface area contributed by atoms with Gasteiger partial charge in [-0.3, -0.25) is 0 Å². The summed E-state index contributed by atoms with van der Waals surface area (Å²) >= 11 is 1.86. The van der Waals surface area contributed by atoms with Crippen LogP contribution >= 0.6 is 11.3 Å². The number of benzene rings is 4. The summed E-state index contributed by atoms with van der Waals surface area (Å²) in [5.41, 5.74) is 1.51. The van der Waals surface area contributed by atoms with E-state index >= 15 is 0 Å². The van der Waals surface area contributed by atoms with E-state index in [1.165, 1.54) is 68.6 Å². The highest BCUT2D eigenvalue weighted by Crippen LogP contribution is 2.32. The fourth-order valence-corrected chi connectivity index (χ4v) is 5.03. The van der Waals surface area contributed by atoms with E-state index < -0.39 is 0 Å². The molecular weight excluding hydrogens is 368 g/mol. The Morgan fingerprint density at radius 3 is 1.83 bits per heavy atom. The van der Waals surface area contributed by atoms with Gasteiger partial charge in [0.25, 0.3) is 0 Å². The highest BCUT2D eigenvalue weighted by Gasteiger charge is 2.01. The summed E-state index contributed by atoms with van der Waals surface area (Å²) in [6, 6.07) is 32.5. The fraction of sp³-hybridized carbons (Fsp3) is 0.214. The molecule has 0 bridgehead atoms. The van der Waals surface area contributed by atoms with E-state index in [1.54, 1.807) is 0 Å². The van der Waals surface area contributed by atoms with Crippen LogP contribution in [-0.4, -0.2) is 0 Å². The first kappa shape index (κ1) is 19.7. The predicted octanol–water partition coefficient (Wildman–Crippen LogP) is 9.02. The van der Waals surface area contributed by atoms with Crippen molar-refractivity contribution in [2.75, 3.05) is 0 Å². The number of rotatable bonds is 5. The van der Waals surface area contributed by atoms with Crippen molar-refractivity contribution >= 4 is 42.3 Å². The van der Waals surface area contributed by atoms with Gasteiger partial charge in [0.15, 0.2) is 0 Å². The molecule has 0 atom stereocenters. The van der Waals surface area contributed by atoms with Crippen LogP contribution in [0, 0.1) is 0 Å². The highest BCUT2D eigenvalue weighted by atomic mass is 32.1. The lowest BCUT2D eigenvalue weighted by Gasteiger charge is -2.06. The number of unbranched alkanes of at least 4 members (excludes halogenated alkanes) is 3. The van der Waals surface area contributed by atoms with E-state index in [0.717, 1.165) is 0 Å². The molecule has 1 aromatic heterocycles. The van der Waals surface area contributed by atoms with Crippen LogP contribution in [0.1, 0.15) is 38.2 Å². The number of hydrogen-bond donors (Lipinski definition) is 0. The van der Waals surface area contributed by atoms with E-state index in [2.05, 4.69) is 97.9 Å². The van der Waals surface area contributed by atoms with Crippen molar-refractivity contribution in [3.63, 3.8) is 0 Å². The Hall–Kier alpha value is -2.64. The molecule has 146 valence electrons. The SMILES string of the molecule is CCCCCCc1cccc2ccccc12.c1ccc2c(c1)sc1ccccc12. The summed E-state index contributed by atoms with van der Waals surface area (Å²) in [4.78, 5) is 0. The van der Waals surface area contributed by atoms with Crippen LogP contribution in [0.15, 0.2) is 91.0 Å². The molecule has 0 unspecified atom stereocenters. The minimum absolute atomic E-state index is 1.22. The molecule has 5 aromatic rings. The molecule has 0 nitrogen and oxygen atoms in total. The van der Waals surface area contributed by atoms with Crippen molar-refractivity contribution in [1.29, 1.82) is 0 Å². The van der Waals surface area contributed by atoms with Crippen LogP contribution in [0.4, 0.5) is 0 Å². The average Bonchev–Trinajstić information content (AvgIpc) is 3.16. The second-order valence-electron chi connectivity index (χ2n) is 7.54. The maximum Gasteiger partial charge on any atom is 0.0355 e. The Labute approximate surface area is 177 Å². The van der Waals surface area contributed by atoms with Gasteiger partial charge >= 0.3 is 0 Å². The summed E-state index contributed by atoms with van der Waals surface area (Å²) < 4.78 is 2.76. The molecule has 4 aromatic carbocycles. The monoisotopic (exact) mass is 396 g/mol. The Kier molecular flexibility index (Phi) is 6.59. The van der Waals surface area contributed by atoms with E-state index in [9.17, 15) is 0 Å². The quantitative estimate of drug-likeness (QED) is 0.260. The lowest BCUT2D eigenvalue weighted by molar-refractivity contribution is 0.668. The molecule has 0 spiro atoms. The fourth-order valence-electron chi connectivity index (χ4n) is 3.93. The van der Waals surface area contributed by atoms with Gasteiger partial charge in [-0.25, -0.2) is 0 Å². The zero-order valence-corrected chi connectivity index (χ0v) is 17.9. The molecule has 0 amide bonds. The van der Waals surface area contributed by atoms with Gasteiger partial charge in [-0.1, -0.05) is 105 Å². The molecule has 29 heavy (non-hydrogen) atoms. The summed E-state index contributed by atoms with van der Waals surface area (Å²) in [5, 5.41) is 5.56. The zero-order chi connectivity index (χ0) is 19.9. The lowest BCUT2D eigenvalue weighted by atomic mass is 9.99. The summed E-state index contributed by atoms with van der Waals surface area (Å²) in [6.45, 7) is 2.26. The second kappa shape index (κ2) is 9.71. The minimum atomic E-state index is 1.22. The first-order valence-corrected chi connectivity index (χ1v) is 11.5. The van der Waals surface area contributed by atoms with Crippen molar-refractivity contribution in [3.8, 4) is 0 Å². The predicted molar refractivity (Wildman–Crippen MR) is 131 cm³/mol. The van der Waals surface area contributed by atoms with E-state index in [1.807, 2.05) is 11.3 Å². The maximum atomic E-state index is 2.27. The van der Waals surface area contributed by atoms with Gasteiger partial charge < -0.3 is 0 Å². The normalized spacial score (nSPS) is 10.9. The third kappa shape index (κ3) is 4.68. The van der Waals surface area contributed by atoms with E-state index in [0.29, 0.717) is 0 Å². The van der Waals surface area contributed by atoms with Crippen molar-refractivity contribution in [2.24, 2.45) is 0 Å². The second-order valence-corrected chi connectivity index (χ2v) is 8.63. The molecule has 0 saturated heterocycles. The smallest absolute Gasteiger partial charge is 0.0355 e. The van der Waals surface area contributed by atoms with Crippen LogP contribution in [0.3, 0.4) is 0 Å². The maximum absolute atomic E-state index is 2.27.